The van der Waals surface area contributed by atoms with Crippen molar-refractivity contribution in [1.82, 2.24) is 25.3 Å². The Balaban J connectivity index is 1.59. The number of amides is 1. The van der Waals surface area contributed by atoms with Crippen LogP contribution in [-0.2, 0) is 11.2 Å². The van der Waals surface area contributed by atoms with Crippen LogP contribution in [0.3, 0.4) is 0 Å². The van der Waals surface area contributed by atoms with Crippen LogP contribution in [0.1, 0.15) is 44.4 Å². The molecule has 0 spiro atoms. The molecule has 1 aromatic carbocycles. The number of hydrogen-bond acceptors (Lipinski definition) is 5. The summed E-state index contributed by atoms with van der Waals surface area (Å²) in [5.74, 6) is 1.30. The Kier molecular flexibility index (Phi) is 8.08. The van der Waals surface area contributed by atoms with Crippen molar-refractivity contribution < 1.29 is 4.79 Å². The average Bonchev–Trinajstić information content (AvgIpc) is 3.40. The van der Waals surface area contributed by atoms with Gasteiger partial charge in [0, 0.05) is 38.6 Å². The van der Waals surface area contributed by atoms with Gasteiger partial charge in [0.2, 0.25) is 5.91 Å². The Morgan fingerprint density at radius 2 is 2.12 bits per heavy atom. The molecule has 1 aliphatic rings. The molecule has 32 heavy (non-hydrogen) atoms. The van der Waals surface area contributed by atoms with Crippen molar-refractivity contribution in [2.75, 3.05) is 31.9 Å². The molecule has 1 saturated heterocycles. The van der Waals surface area contributed by atoms with E-state index in [1.165, 1.54) is 0 Å². The molecule has 1 aliphatic heterocycles. The summed E-state index contributed by atoms with van der Waals surface area (Å²) in [6.07, 6.45) is 2.80. The van der Waals surface area contributed by atoms with E-state index in [1.54, 1.807) is 4.68 Å². The number of anilines is 1. The number of nitrogen functional groups attached to an aromatic ring is 1. The number of para-hydroxylation sites is 1. The summed E-state index contributed by atoms with van der Waals surface area (Å²) in [5, 5.41) is 20.8. The number of aryl methyl sites for hydroxylation is 1. The number of carbonyl (C=O) groups is 1. The lowest BCUT2D eigenvalue weighted by molar-refractivity contribution is -0.129. The first kappa shape index (κ1) is 23.1. The van der Waals surface area contributed by atoms with Gasteiger partial charge in [-0.05, 0) is 38.3 Å². The Hall–Kier alpha value is -3.54. The quantitative estimate of drug-likeness (QED) is 0.329. The Morgan fingerprint density at radius 1 is 1.34 bits per heavy atom. The number of nitriles is 1. The van der Waals surface area contributed by atoms with Gasteiger partial charge in [0.25, 0.3) is 0 Å². The van der Waals surface area contributed by atoms with Crippen molar-refractivity contribution >= 4 is 17.7 Å². The number of aliphatic imine (C=N–C) groups is 1. The van der Waals surface area contributed by atoms with Gasteiger partial charge in [0.05, 0.1) is 11.4 Å². The third kappa shape index (κ3) is 5.58. The fraction of sp³-hybridized carbons (Fsp3) is 0.478. The van der Waals surface area contributed by atoms with Crippen LogP contribution in [0.2, 0.25) is 0 Å². The SMILES string of the molecule is CCNC(=NCCCc1nn(-c2ccccc2)c(N)c1C#N)NC1CCN(C(=O)CC)C1. The molecule has 0 saturated carbocycles. The van der Waals surface area contributed by atoms with Gasteiger partial charge >= 0.3 is 0 Å². The van der Waals surface area contributed by atoms with E-state index in [9.17, 15) is 10.1 Å². The van der Waals surface area contributed by atoms with E-state index in [0.717, 1.165) is 37.6 Å². The molecule has 0 bridgehead atoms. The highest BCUT2D eigenvalue weighted by molar-refractivity contribution is 5.80. The second kappa shape index (κ2) is 11.2. The summed E-state index contributed by atoms with van der Waals surface area (Å²) in [4.78, 5) is 18.5. The van der Waals surface area contributed by atoms with E-state index < -0.39 is 0 Å². The zero-order chi connectivity index (χ0) is 22.9. The summed E-state index contributed by atoms with van der Waals surface area (Å²) in [5.41, 5.74) is 8.12. The number of rotatable bonds is 8. The van der Waals surface area contributed by atoms with Crippen LogP contribution < -0.4 is 16.4 Å². The molecule has 170 valence electrons. The van der Waals surface area contributed by atoms with Crippen LogP contribution in [0.25, 0.3) is 5.69 Å². The molecule has 9 heteroatoms. The fourth-order valence-electron chi connectivity index (χ4n) is 3.82. The molecular weight excluding hydrogens is 404 g/mol. The van der Waals surface area contributed by atoms with E-state index in [0.29, 0.717) is 43.0 Å². The van der Waals surface area contributed by atoms with Crippen molar-refractivity contribution in [3.63, 3.8) is 0 Å². The van der Waals surface area contributed by atoms with Gasteiger partial charge in [-0.1, -0.05) is 25.1 Å². The fourth-order valence-corrected chi connectivity index (χ4v) is 3.82. The highest BCUT2D eigenvalue weighted by Crippen LogP contribution is 2.21. The lowest BCUT2D eigenvalue weighted by Crippen LogP contribution is -2.45. The molecule has 0 aliphatic carbocycles. The molecule has 1 atom stereocenters. The summed E-state index contributed by atoms with van der Waals surface area (Å²) in [7, 11) is 0. The molecule has 2 aromatic rings. The Bertz CT molecular complexity index is 976. The van der Waals surface area contributed by atoms with Crippen molar-refractivity contribution in [2.24, 2.45) is 4.99 Å². The number of nitrogens with two attached hydrogens (primary N) is 1. The van der Waals surface area contributed by atoms with Crippen LogP contribution in [0.4, 0.5) is 5.82 Å². The number of nitrogens with zero attached hydrogens (tertiary/aromatic N) is 5. The number of guanidine groups is 1. The van der Waals surface area contributed by atoms with Gasteiger partial charge in [0.1, 0.15) is 17.5 Å². The topological polar surface area (TPSA) is 124 Å². The second-order valence-electron chi connectivity index (χ2n) is 7.75. The van der Waals surface area contributed by atoms with Crippen molar-refractivity contribution in [2.45, 2.75) is 45.6 Å². The molecule has 3 rings (SSSR count). The minimum Gasteiger partial charge on any atom is -0.382 e. The van der Waals surface area contributed by atoms with Gasteiger partial charge in [-0.25, -0.2) is 4.68 Å². The lowest BCUT2D eigenvalue weighted by atomic mass is 10.1. The first-order valence-electron chi connectivity index (χ1n) is 11.2. The predicted molar refractivity (Wildman–Crippen MR) is 125 cm³/mol. The zero-order valence-electron chi connectivity index (χ0n) is 18.8. The number of benzene rings is 1. The third-order valence-electron chi connectivity index (χ3n) is 5.48. The smallest absolute Gasteiger partial charge is 0.222 e. The van der Waals surface area contributed by atoms with E-state index in [2.05, 4.69) is 26.8 Å². The summed E-state index contributed by atoms with van der Waals surface area (Å²) in [6.45, 7) is 6.75. The van der Waals surface area contributed by atoms with Gasteiger partial charge in [-0.3, -0.25) is 9.79 Å². The molecule has 1 amide bonds. The third-order valence-corrected chi connectivity index (χ3v) is 5.48. The Morgan fingerprint density at radius 3 is 2.81 bits per heavy atom. The molecule has 9 nitrogen and oxygen atoms in total. The molecule has 1 unspecified atom stereocenters. The first-order chi connectivity index (χ1) is 15.6. The van der Waals surface area contributed by atoms with Crippen LogP contribution in [-0.4, -0.2) is 58.8 Å². The highest BCUT2D eigenvalue weighted by Gasteiger charge is 2.25. The number of likely N-dealkylation sites (tertiary alicyclic amines) is 1. The van der Waals surface area contributed by atoms with Crippen molar-refractivity contribution in [3.05, 3.63) is 41.6 Å². The second-order valence-corrected chi connectivity index (χ2v) is 7.75. The summed E-state index contributed by atoms with van der Waals surface area (Å²) >= 11 is 0. The monoisotopic (exact) mass is 436 g/mol. The summed E-state index contributed by atoms with van der Waals surface area (Å²) < 4.78 is 1.62. The molecular formula is C23H32N8O. The number of nitrogens with one attached hydrogen (secondary N) is 2. The minimum absolute atomic E-state index is 0.193. The van der Waals surface area contributed by atoms with E-state index in [-0.39, 0.29) is 11.9 Å². The normalized spacial score (nSPS) is 16.1. The van der Waals surface area contributed by atoms with Gasteiger partial charge < -0.3 is 21.3 Å². The van der Waals surface area contributed by atoms with Gasteiger partial charge in [-0.2, -0.15) is 10.4 Å². The number of aromatic nitrogens is 2. The molecule has 1 fully saturated rings. The van der Waals surface area contributed by atoms with Crippen LogP contribution in [0.5, 0.6) is 0 Å². The van der Waals surface area contributed by atoms with Crippen LogP contribution >= 0.6 is 0 Å². The van der Waals surface area contributed by atoms with Crippen LogP contribution in [0, 0.1) is 11.3 Å². The maximum absolute atomic E-state index is 11.9. The average molecular weight is 437 g/mol. The largest absolute Gasteiger partial charge is 0.382 e. The lowest BCUT2D eigenvalue weighted by Gasteiger charge is -2.18. The standard InChI is InChI=1S/C23H32N8O/c1-3-21(32)30-14-12-17(16-30)28-23(26-4-2)27-13-8-11-20-19(15-24)22(25)31(29-20)18-9-6-5-7-10-18/h5-7,9-10,17H,3-4,8,11-14,16,25H2,1-2H3,(H2,26,27,28). The molecule has 4 N–H and O–H groups in total. The molecule has 2 heterocycles. The first-order valence-corrected chi connectivity index (χ1v) is 11.2. The van der Waals surface area contributed by atoms with Gasteiger partial charge in [-0.15, -0.1) is 0 Å². The van der Waals surface area contributed by atoms with Crippen molar-refractivity contribution in [1.29, 1.82) is 5.26 Å². The van der Waals surface area contributed by atoms with E-state index in [1.807, 2.05) is 49.1 Å². The van der Waals surface area contributed by atoms with Crippen LogP contribution in [0.15, 0.2) is 35.3 Å². The van der Waals surface area contributed by atoms with Crippen molar-refractivity contribution in [3.8, 4) is 11.8 Å². The highest BCUT2D eigenvalue weighted by atomic mass is 16.2. The van der Waals surface area contributed by atoms with E-state index >= 15 is 0 Å². The minimum atomic E-state index is 0.193. The summed E-state index contributed by atoms with van der Waals surface area (Å²) in [6, 6.07) is 12.0. The maximum Gasteiger partial charge on any atom is 0.222 e. The number of hydrogen-bond donors (Lipinski definition) is 3. The number of carbonyl (C=O) groups excluding carboxylic acids is 1. The zero-order valence-corrected chi connectivity index (χ0v) is 18.8. The predicted octanol–water partition coefficient (Wildman–Crippen LogP) is 1.82. The molecule has 1 aromatic heterocycles. The maximum atomic E-state index is 11.9. The Labute approximate surface area is 189 Å². The van der Waals surface area contributed by atoms with E-state index in [4.69, 9.17) is 5.73 Å². The molecule has 0 radical (unpaired) electrons. The van der Waals surface area contributed by atoms with Gasteiger partial charge in [0.15, 0.2) is 5.96 Å².